The Labute approximate surface area is 191 Å². The molecule has 0 aliphatic heterocycles. The molecule has 31 heavy (non-hydrogen) atoms. The topological polar surface area (TPSA) is 26.3 Å². The van der Waals surface area contributed by atoms with Crippen LogP contribution < -0.4 is 0 Å². The Morgan fingerprint density at radius 2 is 1.94 bits per heavy atom. The molecule has 3 aliphatic carbocycles. The fourth-order valence-corrected chi connectivity index (χ4v) is 6.98. The minimum Gasteiger partial charge on any atom is -0.462 e. The van der Waals surface area contributed by atoms with Gasteiger partial charge in [0.05, 0.1) is 0 Å². The molecule has 0 heterocycles. The summed E-state index contributed by atoms with van der Waals surface area (Å²) in [5, 5.41) is 0. The summed E-state index contributed by atoms with van der Waals surface area (Å²) in [6.45, 7) is 15.6. The molecule has 3 fully saturated rings. The molecule has 0 saturated heterocycles. The predicted molar refractivity (Wildman–Crippen MR) is 131 cm³/mol. The number of fused-ring (bicyclic) bond motifs is 1. The summed E-state index contributed by atoms with van der Waals surface area (Å²) in [6, 6.07) is 0. The van der Waals surface area contributed by atoms with Crippen LogP contribution in [-0.4, -0.2) is 12.1 Å². The van der Waals surface area contributed by atoms with Crippen molar-refractivity contribution in [2.75, 3.05) is 0 Å². The third-order valence-corrected chi connectivity index (χ3v) is 8.67. The van der Waals surface area contributed by atoms with Crippen LogP contribution in [0.4, 0.5) is 0 Å². The normalized spacial score (nSPS) is 34.9. The Morgan fingerprint density at radius 1 is 1.16 bits per heavy atom. The van der Waals surface area contributed by atoms with E-state index < -0.39 is 0 Å². The first kappa shape index (κ1) is 24.3. The quantitative estimate of drug-likeness (QED) is 0.383. The van der Waals surface area contributed by atoms with Gasteiger partial charge in [0.25, 0.3) is 0 Å². The third-order valence-electron chi connectivity index (χ3n) is 8.67. The maximum atomic E-state index is 11.4. The predicted octanol–water partition coefficient (Wildman–Crippen LogP) is 8.19. The molecule has 0 bridgehead atoms. The van der Waals surface area contributed by atoms with Crippen molar-refractivity contribution < 1.29 is 9.53 Å². The minimum atomic E-state index is -0.169. The molecule has 0 aromatic heterocycles. The fraction of sp³-hybridized carbons (Fsp3) is 0.759. The lowest BCUT2D eigenvalue weighted by atomic mass is 9.60. The molecule has 0 radical (unpaired) electrons. The Kier molecular flexibility index (Phi) is 8.27. The van der Waals surface area contributed by atoms with Gasteiger partial charge in [-0.3, -0.25) is 4.79 Å². The second-order valence-corrected chi connectivity index (χ2v) is 11.4. The Morgan fingerprint density at radius 3 is 2.65 bits per heavy atom. The van der Waals surface area contributed by atoms with E-state index >= 15 is 0 Å². The van der Waals surface area contributed by atoms with E-state index in [4.69, 9.17) is 4.74 Å². The molecule has 2 heteroatoms. The Bertz CT molecular complexity index is 712. The van der Waals surface area contributed by atoms with Gasteiger partial charge in [0.1, 0.15) is 6.10 Å². The highest BCUT2D eigenvalue weighted by atomic mass is 16.5. The number of carbonyl (C=O) groups excluding carboxylic acids is 1. The van der Waals surface area contributed by atoms with Crippen molar-refractivity contribution in [3.8, 4) is 0 Å². The number of carbonyl (C=O) groups is 1. The third kappa shape index (κ3) is 5.93. The maximum absolute atomic E-state index is 11.4. The van der Waals surface area contributed by atoms with Crippen LogP contribution >= 0.6 is 0 Å². The molecule has 0 N–H and O–H groups in total. The van der Waals surface area contributed by atoms with Gasteiger partial charge >= 0.3 is 5.97 Å². The van der Waals surface area contributed by atoms with Gasteiger partial charge in [-0.15, -0.1) is 0 Å². The zero-order valence-electron chi connectivity index (χ0n) is 20.8. The molecular weight excluding hydrogens is 380 g/mol. The van der Waals surface area contributed by atoms with Crippen LogP contribution in [0.3, 0.4) is 0 Å². The molecular formula is C29H46O2. The molecule has 0 aromatic carbocycles. The number of esters is 1. The van der Waals surface area contributed by atoms with Crippen molar-refractivity contribution in [2.45, 2.75) is 111 Å². The van der Waals surface area contributed by atoms with Crippen molar-refractivity contribution in [3.05, 3.63) is 35.5 Å². The highest BCUT2D eigenvalue weighted by molar-refractivity contribution is 5.66. The first-order valence-corrected chi connectivity index (χ1v) is 13.0. The van der Waals surface area contributed by atoms with Crippen LogP contribution in [0.5, 0.6) is 0 Å². The number of rotatable bonds is 7. The summed E-state index contributed by atoms with van der Waals surface area (Å²) >= 11 is 0. The van der Waals surface area contributed by atoms with Gasteiger partial charge < -0.3 is 4.74 Å². The molecule has 0 unspecified atom stereocenters. The second-order valence-electron chi connectivity index (χ2n) is 11.4. The van der Waals surface area contributed by atoms with Crippen molar-refractivity contribution in [2.24, 2.45) is 29.1 Å². The number of allylic oxidation sites excluding steroid dienone is 4. The van der Waals surface area contributed by atoms with E-state index in [9.17, 15) is 4.79 Å². The van der Waals surface area contributed by atoms with E-state index in [-0.39, 0.29) is 12.1 Å². The molecule has 0 amide bonds. The van der Waals surface area contributed by atoms with Gasteiger partial charge in [0.15, 0.2) is 0 Å². The maximum Gasteiger partial charge on any atom is 0.302 e. The Balaban J connectivity index is 1.69. The van der Waals surface area contributed by atoms with Crippen LogP contribution in [0.15, 0.2) is 35.5 Å². The zero-order chi connectivity index (χ0) is 22.6. The first-order chi connectivity index (χ1) is 14.7. The molecule has 174 valence electrons. The average molecular weight is 427 g/mol. The molecule has 3 aliphatic rings. The lowest BCUT2D eigenvalue weighted by Gasteiger charge is -2.44. The van der Waals surface area contributed by atoms with E-state index in [1.165, 1.54) is 69.4 Å². The first-order valence-electron chi connectivity index (χ1n) is 13.0. The molecule has 2 nitrogen and oxygen atoms in total. The lowest BCUT2D eigenvalue weighted by molar-refractivity contribution is -0.146. The smallest absolute Gasteiger partial charge is 0.302 e. The average Bonchev–Trinajstić information content (AvgIpc) is 3.05. The van der Waals surface area contributed by atoms with E-state index in [1.54, 1.807) is 5.57 Å². The highest BCUT2D eigenvalue weighted by Crippen LogP contribution is 2.60. The van der Waals surface area contributed by atoms with E-state index in [2.05, 4.69) is 46.4 Å². The van der Waals surface area contributed by atoms with Crippen LogP contribution in [0.1, 0.15) is 105 Å². The molecule has 0 spiro atoms. The summed E-state index contributed by atoms with van der Waals surface area (Å²) in [7, 11) is 0. The fourth-order valence-electron chi connectivity index (χ4n) is 6.98. The van der Waals surface area contributed by atoms with Crippen molar-refractivity contribution in [1.29, 1.82) is 0 Å². The Hall–Kier alpha value is -1.31. The van der Waals surface area contributed by atoms with Crippen molar-refractivity contribution in [3.63, 3.8) is 0 Å². The van der Waals surface area contributed by atoms with E-state index in [0.717, 1.165) is 42.9 Å². The van der Waals surface area contributed by atoms with Gasteiger partial charge in [-0.2, -0.15) is 0 Å². The lowest BCUT2D eigenvalue weighted by Crippen LogP contribution is -2.36. The summed E-state index contributed by atoms with van der Waals surface area (Å²) in [5.41, 5.74) is 4.65. The van der Waals surface area contributed by atoms with E-state index in [0.29, 0.717) is 5.41 Å². The number of ether oxygens (including phenoxy) is 1. The van der Waals surface area contributed by atoms with Crippen LogP contribution in [0.2, 0.25) is 0 Å². The number of hydrogen-bond acceptors (Lipinski definition) is 2. The van der Waals surface area contributed by atoms with Gasteiger partial charge in [-0.05, 0) is 79.6 Å². The molecule has 3 rings (SSSR count). The van der Waals surface area contributed by atoms with Gasteiger partial charge in [-0.1, -0.05) is 76.8 Å². The van der Waals surface area contributed by atoms with Crippen LogP contribution in [0, 0.1) is 29.1 Å². The summed E-state index contributed by atoms with van der Waals surface area (Å²) < 4.78 is 5.49. The largest absolute Gasteiger partial charge is 0.462 e. The van der Waals surface area contributed by atoms with E-state index in [1.807, 2.05) is 0 Å². The zero-order valence-corrected chi connectivity index (χ0v) is 20.8. The van der Waals surface area contributed by atoms with Gasteiger partial charge in [0, 0.05) is 13.3 Å². The van der Waals surface area contributed by atoms with Gasteiger partial charge in [-0.25, -0.2) is 0 Å². The molecule has 5 atom stereocenters. The summed E-state index contributed by atoms with van der Waals surface area (Å²) in [4.78, 5) is 11.4. The van der Waals surface area contributed by atoms with Crippen LogP contribution in [0.25, 0.3) is 0 Å². The summed E-state index contributed by atoms with van der Waals surface area (Å²) in [5.74, 6) is 3.12. The standard InChI is InChI=1S/C29H46O2/c1-20(2)9-7-10-22(4)27-16-17-28-24(11-8-18-29(27,28)6)13-14-25-19-26(31-23(5)30)15-12-21(25)3/h13-14,20,22,26-28H,3,7-12,15-19H2,1-2,4-6H3/b24-13+,25-14-/t22-,26+,27-,28-,29-/m1/s1. The van der Waals surface area contributed by atoms with Gasteiger partial charge in [0.2, 0.25) is 0 Å². The molecule has 3 saturated carbocycles. The van der Waals surface area contributed by atoms with Crippen LogP contribution in [-0.2, 0) is 9.53 Å². The highest BCUT2D eigenvalue weighted by Gasteiger charge is 2.50. The number of hydrogen-bond donors (Lipinski definition) is 0. The van der Waals surface area contributed by atoms with Crippen molar-refractivity contribution >= 4 is 5.97 Å². The minimum absolute atomic E-state index is 0.0202. The monoisotopic (exact) mass is 426 g/mol. The molecule has 0 aromatic rings. The second kappa shape index (κ2) is 10.5. The SMILES string of the molecule is C=C1CC[C@H](OC(C)=O)C/C1=C/C=C1\CCC[C@@]2(C)[C@@H]1CC[C@@H]2[C@H](C)CCCC(C)C. The summed E-state index contributed by atoms with van der Waals surface area (Å²) in [6.07, 6.45) is 18.3. The van der Waals surface area contributed by atoms with Crippen molar-refractivity contribution in [1.82, 2.24) is 0 Å².